The van der Waals surface area contributed by atoms with E-state index < -0.39 is 0 Å². The van der Waals surface area contributed by atoms with Crippen molar-refractivity contribution in [1.29, 1.82) is 0 Å². The Bertz CT molecular complexity index is 1060. The Morgan fingerprint density at radius 3 is 1.47 bits per heavy atom. The van der Waals surface area contributed by atoms with Gasteiger partial charge in [-0.15, -0.1) is 24.8 Å². The number of nitrogens with one attached hydrogen (secondary N) is 2. The van der Waals surface area contributed by atoms with Gasteiger partial charge in [0.1, 0.15) is 0 Å². The number of carbonyl (C=O) groups excluding carboxylic acids is 2. The van der Waals surface area contributed by atoms with Crippen LogP contribution >= 0.6 is 24.8 Å². The number of hydrogen-bond donors (Lipinski definition) is 2. The molecule has 0 bridgehead atoms. The third-order valence-electron chi connectivity index (χ3n) is 7.82. The molecule has 0 saturated carbocycles. The van der Waals surface area contributed by atoms with Gasteiger partial charge in [0.15, 0.2) is 0 Å². The predicted octanol–water partition coefficient (Wildman–Crippen LogP) is 4.16. The molecule has 196 valence electrons. The van der Waals surface area contributed by atoms with Gasteiger partial charge in [-0.05, 0) is 60.1 Å². The molecule has 4 heterocycles. The molecule has 4 aliphatic heterocycles. The van der Waals surface area contributed by atoms with Crippen LogP contribution in [-0.2, 0) is 12.8 Å². The molecule has 2 atom stereocenters. The van der Waals surface area contributed by atoms with Crippen LogP contribution in [0.5, 0.6) is 0 Å². The highest BCUT2D eigenvalue weighted by Gasteiger charge is 2.40. The molecule has 0 unspecified atom stereocenters. The molecule has 4 aliphatic rings. The van der Waals surface area contributed by atoms with E-state index in [1.54, 1.807) is 0 Å². The van der Waals surface area contributed by atoms with E-state index in [2.05, 4.69) is 62.6 Å². The molecule has 6 rings (SSSR count). The van der Waals surface area contributed by atoms with E-state index in [9.17, 15) is 9.59 Å². The molecular weight excluding hydrogens is 495 g/mol. The number of rotatable bonds is 2. The SMILES string of the molecule is CCc1cc(C)c2c(c1)[C@@H]1CNCCN1C2=O.CCc1cc(C)c2c(c1)[C@H]1CNCCN1C2=O.Cl.Cl. The zero-order valence-electron chi connectivity index (χ0n) is 21.6. The van der Waals surface area contributed by atoms with Crippen molar-refractivity contribution in [1.82, 2.24) is 20.4 Å². The van der Waals surface area contributed by atoms with E-state index in [0.717, 1.165) is 74.4 Å². The van der Waals surface area contributed by atoms with Crippen LogP contribution in [0.25, 0.3) is 0 Å². The third-order valence-corrected chi connectivity index (χ3v) is 7.82. The molecule has 0 radical (unpaired) electrons. The van der Waals surface area contributed by atoms with E-state index in [4.69, 9.17) is 0 Å². The molecule has 2 aromatic rings. The summed E-state index contributed by atoms with van der Waals surface area (Å²) in [5, 5.41) is 6.76. The topological polar surface area (TPSA) is 64.7 Å². The van der Waals surface area contributed by atoms with Gasteiger partial charge in [0, 0.05) is 50.4 Å². The summed E-state index contributed by atoms with van der Waals surface area (Å²) in [6.45, 7) is 13.7. The Balaban J connectivity index is 0.000000190. The lowest BCUT2D eigenvalue weighted by Crippen LogP contribution is -2.44. The first-order valence-electron chi connectivity index (χ1n) is 12.7. The van der Waals surface area contributed by atoms with Crippen molar-refractivity contribution in [2.24, 2.45) is 0 Å². The maximum absolute atomic E-state index is 12.3. The quantitative estimate of drug-likeness (QED) is 0.609. The number of piperazine rings is 2. The van der Waals surface area contributed by atoms with Gasteiger partial charge >= 0.3 is 0 Å². The highest BCUT2D eigenvalue weighted by molar-refractivity contribution is 6.01. The fourth-order valence-corrected chi connectivity index (χ4v) is 6.04. The minimum atomic E-state index is 0. The summed E-state index contributed by atoms with van der Waals surface area (Å²) in [6, 6.07) is 9.27. The van der Waals surface area contributed by atoms with Crippen LogP contribution in [0, 0.1) is 13.8 Å². The molecular formula is C28H38Cl2N4O2. The van der Waals surface area contributed by atoms with Crippen molar-refractivity contribution in [2.45, 2.75) is 52.6 Å². The highest BCUT2D eigenvalue weighted by atomic mass is 35.5. The van der Waals surface area contributed by atoms with E-state index >= 15 is 0 Å². The largest absolute Gasteiger partial charge is 0.329 e. The summed E-state index contributed by atoms with van der Waals surface area (Å²) in [5.41, 5.74) is 9.32. The molecule has 2 fully saturated rings. The number of hydrogen-bond acceptors (Lipinski definition) is 4. The second-order valence-electron chi connectivity index (χ2n) is 9.90. The maximum Gasteiger partial charge on any atom is 0.255 e. The number of aryl methyl sites for hydroxylation is 4. The van der Waals surface area contributed by atoms with Crippen molar-refractivity contribution in [3.63, 3.8) is 0 Å². The lowest BCUT2D eigenvalue weighted by atomic mass is 9.96. The van der Waals surface area contributed by atoms with Gasteiger partial charge in [0.05, 0.1) is 12.1 Å². The summed E-state index contributed by atoms with van der Waals surface area (Å²) in [6.07, 6.45) is 2.06. The smallest absolute Gasteiger partial charge is 0.255 e. The van der Waals surface area contributed by atoms with E-state index in [-0.39, 0.29) is 48.7 Å². The molecule has 2 amide bonds. The average Bonchev–Trinajstić information content (AvgIpc) is 3.32. The van der Waals surface area contributed by atoms with Crippen LogP contribution in [0.1, 0.15) is 80.0 Å². The Kier molecular flexibility index (Phi) is 9.10. The number of amides is 2. The molecule has 6 nitrogen and oxygen atoms in total. The van der Waals surface area contributed by atoms with Crippen LogP contribution in [-0.4, -0.2) is 60.9 Å². The van der Waals surface area contributed by atoms with Gasteiger partial charge in [0.25, 0.3) is 11.8 Å². The average molecular weight is 534 g/mol. The second kappa shape index (κ2) is 11.5. The number of carbonyl (C=O) groups is 2. The first-order valence-corrected chi connectivity index (χ1v) is 12.7. The number of benzene rings is 2. The third kappa shape index (κ3) is 4.76. The zero-order chi connectivity index (χ0) is 24.0. The summed E-state index contributed by atoms with van der Waals surface area (Å²) < 4.78 is 0. The van der Waals surface area contributed by atoms with Crippen molar-refractivity contribution in [3.05, 3.63) is 68.8 Å². The molecule has 36 heavy (non-hydrogen) atoms. The predicted molar refractivity (Wildman–Crippen MR) is 149 cm³/mol. The van der Waals surface area contributed by atoms with Crippen molar-refractivity contribution < 1.29 is 9.59 Å². The summed E-state index contributed by atoms with van der Waals surface area (Å²) in [7, 11) is 0. The van der Waals surface area contributed by atoms with Gasteiger partial charge in [-0.3, -0.25) is 9.59 Å². The highest BCUT2D eigenvalue weighted by Crippen LogP contribution is 2.38. The first kappa shape index (κ1) is 28.5. The van der Waals surface area contributed by atoms with Crippen LogP contribution in [0.2, 0.25) is 0 Å². The van der Waals surface area contributed by atoms with Gasteiger partial charge < -0.3 is 20.4 Å². The molecule has 0 aliphatic carbocycles. The summed E-state index contributed by atoms with van der Waals surface area (Å²) in [4.78, 5) is 28.7. The first-order chi connectivity index (χ1) is 16.4. The molecule has 2 saturated heterocycles. The van der Waals surface area contributed by atoms with E-state index in [1.165, 1.54) is 22.3 Å². The Morgan fingerprint density at radius 1 is 0.722 bits per heavy atom. The number of nitrogens with zero attached hydrogens (tertiary/aromatic N) is 2. The van der Waals surface area contributed by atoms with E-state index in [1.807, 2.05) is 9.80 Å². The zero-order valence-corrected chi connectivity index (χ0v) is 23.3. The normalized spacial score (nSPS) is 21.3. The summed E-state index contributed by atoms with van der Waals surface area (Å²) >= 11 is 0. The lowest BCUT2D eigenvalue weighted by Gasteiger charge is -2.30. The minimum absolute atomic E-state index is 0. The molecule has 8 heteroatoms. The fraction of sp³-hybridized carbons (Fsp3) is 0.500. The number of halogens is 2. The van der Waals surface area contributed by atoms with Gasteiger partial charge in [0.2, 0.25) is 0 Å². The minimum Gasteiger partial charge on any atom is -0.329 e. The van der Waals surface area contributed by atoms with Gasteiger partial charge in [-0.25, -0.2) is 0 Å². The van der Waals surface area contributed by atoms with Gasteiger partial charge in [-0.2, -0.15) is 0 Å². The number of fused-ring (bicyclic) bond motifs is 6. The Labute approximate surface area is 227 Å². The van der Waals surface area contributed by atoms with Crippen LogP contribution < -0.4 is 10.6 Å². The molecule has 2 aromatic carbocycles. The van der Waals surface area contributed by atoms with Crippen molar-refractivity contribution in [2.75, 3.05) is 39.3 Å². The van der Waals surface area contributed by atoms with Crippen molar-refractivity contribution in [3.8, 4) is 0 Å². The van der Waals surface area contributed by atoms with Crippen molar-refractivity contribution >= 4 is 36.6 Å². The Morgan fingerprint density at radius 2 is 1.11 bits per heavy atom. The maximum atomic E-state index is 12.3. The van der Waals surface area contributed by atoms with Crippen LogP contribution in [0.3, 0.4) is 0 Å². The van der Waals surface area contributed by atoms with E-state index in [0.29, 0.717) is 0 Å². The lowest BCUT2D eigenvalue weighted by molar-refractivity contribution is 0.0683. The second-order valence-corrected chi connectivity index (χ2v) is 9.90. The summed E-state index contributed by atoms with van der Waals surface area (Å²) in [5.74, 6) is 0.457. The van der Waals surface area contributed by atoms with Crippen LogP contribution in [0.15, 0.2) is 24.3 Å². The fourth-order valence-electron chi connectivity index (χ4n) is 6.04. The molecule has 0 spiro atoms. The molecule has 0 aromatic heterocycles. The van der Waals surface area contributed by atoms with Gasteiger partial charge in [-0.1, -0.05) is 38.1 Å². The standard InChI is InChI=1S/2C14H18N2O.2ClH/c2*1-3-10-6-9(2)13-11(7-10)12-8-15-4-5-16(12)14(13)17;;/h2*6-7,12,15H,3-5,8H2,1-2H3;2*1H/t2*12-;;/m10../s1. The van der Waals surface area contributed by atoms with Crippen LogP contribution in [0.4, 0.5) is 0 Å². The molecule has 2 N–H and O–H groups in total. The monoisotopic (exact) mass is 532 g/mol. The Hall–Kier alpha value is -2.12.